The molecule has 0 fully saturated rings. The predicted octanol–water partition coefficient (Wildman–Crippen LogP) is 2.74. The zero-order chi connectivity index (χ0) is 20.4. The van der Waals surface area contributed by atoms with Crippen molar-refractivity contribution in [3.8, 4) is 0 Å². The Hall–Kier alpha value is -2.84. The fourth-order valence-corrected chi connectivity index (χ4v) is 2.21. The van der Waals surface area contributed by atoms with Crippen LogP contribution in [0.1, 0.15) is 35.7 Å². The van der Waals surface area contributed by atoms with Gasteiger partial charge in [-0.2, -0.15) is 0 Å². The number of hydrogen-bond acceptors (Lipinski definition) is 5. The van der Waals surface area contributed by atoms with Crippen LogP contribution in [0, 0.1) is 11.2 Å². The van der Waals surface area contributed by atoms with E-state index >= 15 is 0 Å². The van der Waals surface area contributed by atoms with Crippen molar-refractivity contribution in [2.24, 2.45) is 0 Å². The number of rotatable bonds is 10. The first-order valence-electron chi connectivity index (χ1n) is 8.26. The number of ether oxygens (including phenoxy) is 1. The van der Waals surface area contributed by atoms with Gasteiger partial charge in [-0.1, -0.05) is 6.92 Å². The van der Waals surface area contributed by atoms with Gasteiger partial charge in [0.1, 0.15) is 5.82 Å². The third kappa shape index (κ3) is 6.76. The second kappa shape index (κ2) is 11.0. The molecular weight excluding hydrogens is 363 g/mol. The normalized spacial score (nSPS) is 11.6. The quantitative estimate of drug-likeness (QED) is 0.427. The number of allylic oxidation sites excluding steroid dienone is 1. The van der Waals surface area contributed by atoms with Gasteiger partial charge in [-0.3, -0.25) is 9.59 Å². The highest BCUT2D eigenvalue weighted by molar-refractivity contribution is 5.96. The number of benzene rings is 1. The molecule has 27 heavy (non-hydrogen) atoms. The molecule has 9 heteroatoms. The summed E-state index contributed by atoms with van der Waals surface area (Å²) in [5.41, 5.74) is -0.777. The van der Waals surface area contributed by atoms with Gasteiger partial charge in [-0.05, 0) is 24.6 Å². The van der Waals surface area contributed by atoms with Crippen LogP contribution in [0.15, 0.2) is 23.8 Å². The molecule has 1 rings (SSSR count). The summed E-state index contributed by atoms with van der Waals surface area (Å²) in [6.45, 7) is 2.14. The molecule has 148 valence electrons. The molecule has 0 bridgehead atoms. The first-order valence-corrected chi connectivity index (χ1v) is 8.26. The number of methoxy groups -OCH3 is 1. The van der Waals surface area contributed by atoms with Crippen molar-refractivity contribution in [1.82, 2.24) is 10.6 Å². The highest BCUT2D eigenvalue weighted by Gasteiger charge is 2.19. The number of carbonyl (C=O) groups is 2. The van der Waals surface area contributed by atoms with Crippen LogP contribution in [-0.4, -0.2) is 44.7 Å². The molecule has 1 aromatic carbocycles. The maximum absolute atomic E-state index is 14.0. The van der Waals surface area contributed by atoms with Crippen molar-refractivity contribution in [2.45, 2.75) is 26.2 Å². The lowest BCUT2D eigenvalue weighted by atomic mass is 10.0. The Morgan fingerprint density at radius 2 is 1.85 bits per heavy atom. The Labute approximate surface area is 155 Å². The molecular formula is C18H22F3N3O3. The third-order valence-corrected chi connectivity index (χ3v) is 3.52. The van der Waals surface area contributed by atoms with Crippen LogP contribution in [0.4, 0.5) is 13.2 Å². The molecule has 0 saturated carbocycles. The van der Waals surface area contributed by atoms with Crippen molar-refractivity contribution in [3.63, 3.8) is 0 Å². The molecule has 0 unspecified atom stereocenters. The summed E-state index contributed by atoms with van der Waals surface area (Å²) in [4.78, 5) is 23.2. The zero-order valence-electron chi connectivity index (χ0n) is 15.1. The Bertz CT molecular complexity index is 721. The second-order valence-electron chi connectivity index (χ2n) is 5.51. The lowest BCUT2D eigenvalue weighted by Gasteiger charge is -2.16. The van der Waals surface area contributed by atoms with Crippen molar-refractivity contribution in [3.05, 3.63) is 40.7 Å². The van der Waals surface area contributed by atoms with Gasteiger partial charge in [0.25, 0.3) is 12.3 Å². The van der Waals surface area contributed by atoms with Gasteiger partial charge >= 0.3 is 5.97 Å². The minimum absolute atomic E-state index is 0.0169. The Morgan fingerprint density at radius 3 is 2.41 bits per heavy atom. The fraction of sp³-hybridized carbons (Fsp3) is 0.389. The van der Waals surface area contributed by atoms with Gasteiger partial charge in [0.05, 0.1) is 24.8 Å². The van der Waals surface area contributed by atoms with E-state index in [0.29, 0.717) is 19.2 Å². The molecule has 1 aromatic rings. The minimum atomic E-state index is -2.94. The molecule has 0 spiro atoms. The first-order chi connectivity index (χ1) is 12.8. The number of alkyl halides is 2. The lowest BCUT2D eigenvalue weighted by Crippen LogP contribution is -2.27. The summed E-state index contributed by atoms with van der Waals surface area (Å²) >= 11 is 0. The predicted molar refractivity (Wildman–Crippen MR) is 95.4 cm³/mol. The summed E-state index contributed by atoms with van der Waals surface area (Å²) < 4.78 is 44.9. The average molecular weight is 385 g/mol. The van der Waals surface area contributed by atoms with Crippen molar-refractivity contribution < 1.29 is 27.5 Å². The van der Waals surface area contributed by atoms with Crippen LogP contribution in [0.2, 0.25) is 0 Å². The van der Waals surface area contributed by atoms with Gasteiger partial charge < -0.3 is 20.8 Å². The van der Waals surface area contributed by atoms with Crippen molar-refractivity contribution in [1.29, 1.82) is 5.41 Å². The zero-order valence-corrected chi connectivity index (χ0v) is 15.1. The summed E-state index contributed by atoms with van der Waals surface area (Å²) in [5, 5.41) is 12.4. The lowest BCUT2D eigenvalue weighted by molar-refractivity contribution is -0.140. The molecule has 0 aliphatic carbocycles. The number of carbonyl (C=O) groups excluding carboxylic acids is 2. The monoisotopic (exact) mass is 385 g/mol. The van der Waals surface area contributed by atoms with E-state index in [4.69, 9.17) is 5.41 Å². The topological polar surface area (TPSA) is 91.3 Å². The van der Waals surface area contributed by atoms with Crippen LogP contribution in [0.5, 0.6) is 0 Å². The molecule has 3 N–H and O–H groups in total. The van der Waals surface area contributed by atoms with Gasteiger partial charge in [0.2, 0.25) is 0 Å². The summed E-state index contributed by atoms with van der Waals surface area (Å²) in [6.07, 6.45) is -1.88. The van der Waals surface area contributed by atoms with E-state index in [2.05, 4.69) is 15.4 Å². The Kier molecular flexibility index (Phi) is 9.04. The van der Waals surface area contributed by atoms with Crippen LogP contribution in [-0.2, 0) is 9.53 Å². The van der Waals surface area contributed by atoms with Crippen LogP contribution >= 0.6 is 0 Å². The van der Waals surface area contributed by atoms with Crippen molar-refractivity contribution in [2.75, 3.05) is 20.2 Å². The molecule has 0 heterocycles. The van der Waals surface area contributed by atoms with Gasteiger partial charge in [0, 0.05) is 30.4 Å². The van der Waals surface area contributed by atoms with E-state index in [1.807, 2.05) is 6.92 Å². The highest BCUT2D eigenvalue weighted by Crippen LogP contribution is 2.22. The molecule has 1 amide bonds. The maximum Gasteiger partial charge on any atom is 0.307 e. The number of hydrogen-bond donors (Lipinski definition) is 3. The molecule has 0 atom stereocenters. The Balaban J connectivity index is 3.18. The summed E-state index contributed by atoms with van der Waals surface area (Å²) in [5.74, 6) is -1.97. The maximum atomic E-state index is 14.0. The van der Waals surface area contributed by atoms with E-state index in [9.17, 15) is 22.8 Å². The van der Waals surface area contributed by atoms with Crippen LogP contribution in [0.3, 0.4) is 0 Å². The molecule has 0 radical (unpaired) electrons. The van der Waals surface area contributed by atoms with Gasteiger partial charge in [0.15, 0.2) is 0 Å². The van der Waals surface area contributed by atoms with E-state index in [0.717, 1.165) is 12.1 Å². The second-order valence-corrected chi connectivity index (χ2v) is 5.51. The van der Waals surface area contributed by atoms with Gasteiger partial charge in [-0.15, -0.1) is 0 Å². The fourth-order valence-electron chi connectivity index (χ4n) is 2.21. The van der Waals surface area contributed by atoms with E-state index in [1.165, 1.54) is 13.2 Å². The molecule has 0 aromatic heterocycles. The minimum Gasteiger partial charge on any atom is -0.469 e. The average Bonchev–Trinajstić information content (AvgIpc) is 2.63. The Morgan fingerprint density at radius 1 is 1.19 bits per heavy atom. The molecule has 0 aliphatic rings. The van der Waals surface area contributed by atoms with Crippen LogP contribution < -0.4 is 10.6 Å². The van der Waals surface area contributed by atoms with E-state index < -0.39 is 29.7 Å². The van der Waals surface area contributed by atoms with Gasteiger partial charge in [-0.25, -0.2) is 13.2 Å². The third-order valence-electron chi connectivity index (χ3n) is 3.52. The number of amides is 1. The SMILES string of the molecule is CCCN/C(=C(\C=N)C(F)F)c1cc(F)cc(C(=O)NCCC(=O)OC)c1. The summed E-state index contributed by atoms with van der Waals surface area (Å²) in [6, 6.07) is 3.22. The number of halogens is 3. The van der Waals surface area contributed by atoms with E-state index in [1.54, 1.807) is 0 Å². The number of nitrogens with one attached hydrogen (secondary N) is 3. The smallest absolute Gasteiger partial charge is 0.307 e. The highest BCUT2D eigenvalue weighted by atomic mass is 19.3. The van der Waals surface area contributed by atoms with E-state index in [-0.39, 0.29) is 29.8 Å². The van der Waals surface area contributed by atoms with Crippen LogP contribution in [0.25, 0.3) is 5.70 Å². The largest absolute Gasteiger partial charge is 0.469 e. The molecule has 0 saturated heterocycles. The summed E-state index contributed by atoms with van der Waals surface area (Å²) in [7, 11) is 1.21. The first kappa shape index (κ1) is 22.2. The van der Waals surface area contributed by atoms with Crippen molar-refractivity contribution >= 4 is 23.8 Å². The standard InChI is InChI=1S/C18H22F3N3O3/c1-3-5-23-16(14(10-22)17(20)21)11-7-12(9-13(19)8-11)18(26)24-6-4-15(25)27-2/h7-10,17,22-23H,3-6H2,1-2H3,(H,24,26)/b16-14+,22-10?. The molecule has 6 nitrogen and oxygen atoms in total. The number of esters is 1. The molecule has 0 aliphatic heterocycles.